The maximum Gasteiger partial charge on any atom is 0.150 e. The molecule has 100 valence electrons. The van der Waals surface area contributed by atoms with E-state index in [1.165, 1.54) is 12.8 Å². The molecule has 18 heavy (non-hydrogen) atoms. The fourth-order valence-electron chi connectivity index (χ4n) is 2.04. The van der Waals surface area contributed by atoms with Crippen molar-refractivity contribution < 1.29 is 0 Å². The van der Waals surface area contributed by atoms with Crippen molar-refractivity contribution in [3.05, 3.63) is 16.1 Å². The minimum Gasteiger partial charge on any atom is -0.369 e. The van der Waals surface area contributed by atoms with Crippen molar-refractivity contribution in [2.45, 2.75) is 39.2 Å². The Labute approximate surface area is 118 Å². The Balaban J connectivity index is 2.31. The molecule has 0 aliphatic heterocycles. The molecule has 1 aliphatic rings. The highest BCUT2D eigenvalue weighted by molar-refractivity contribution is 6.37. The molecule has 0 unspecified atom stereocenters. The highest BCUT2D eigenvalue weighted by Gasteiger charge is 2.31. The SMILES string of the molecule is CCCN(c1nc(NCC)c(Cl)cc1Cl)C1CC1. The first kappa shape index (κ1) is 13.8. The zero-order valence-electron chi connectivity index (χ0n) is 10.8. The highest BCUT2D eigenvalue weighted by atomic mass is 35.5. The van der Waals surface area contributed by atoms with Gasteiger partial charge >= 0.3 is 0 Å². The van der Waals surface area contributed by atoms with Crippen LogP contribution < -0.4 is 10.2 Å². The lowest BCUT2D eigenvalue weighted by molar-refractivity contribution is 0.751. The summed E-state index contributed by atoms with van der Waals surface area (Å²) in [6.07, 6.45) is 3.56. The van der Waals surface area contributed by atoms with Gasteiger partial charge in [0.05, 0.1) is 10.0 Å². The lowest BCUT2D eigenvalue weighted by Gasteiger charge is -2.24. The van der Waals surface area contributed by atoms with Crippen molar-refractivity contribution in [3.63, 3.8) is 0 Å². The summed E-state index contributed by atoms with van der Waals surface area (Å²) in [5.74, 6) is 1.58. The van der Waals surface area contributed by atoms with Crippen LogP contribution in [0.15, 0.2) is 6.07 Å². The van der Waals surface area contributed by atoms with Gasteiger partial charge in [-0.05, 0) is 32.3 Å². The standard InChI is InChI=1S/C13H19Cl2N3/c1-3-7-18(9-5-6-9)13-11(15)8-10(14)12(17-13)16-4-2/h8-9H,3-7H2,1-2H3,(H,16,17). The lowest BCUT2D eigenvalue weighted by Crippen LogP contribution is -2.28. The number of rotatable bonds is 6. The molecule has 0 bridgehead atoms. The van der Waals surface area contributed by atoms with Crippen LogP contribution >= 0.6 is 23.2 Å². The Bertz CT molecular complexity index is 419. The fourth-order valence-corrected chi connectivity index (χ4v) is 2.57. The van der Waals surface area contributed by atoms with Gasteiger partial charge in [0.2, 0.25) is 0 Å². The van der Waals surface area contributed by atoms with E-state index in [1.807, 2.05) is 6.92 Å². The highest BCUT2D eigenvalue weighted by Crippen LogP contribution is 2.37. The van der Waals surface area contributed by atoms with E-state index >= 15 is 0 Å². The van der Waals surface area contributed by atoms with Crippen molar-refractivity contribution in [1.29, 1.82) is 0 Å². The van der Waals surface area contributed by atoms with Gasteiger partial charge in [-0.25, -0.2) is 4.98 Å². The normalized spacial score (nSPS) is 14.7. The van der Waals surface area contributed by atoms with Crippen LogP contribution in [0.2, 0.25) is 10.0 Å². The van der Waals surface area contributed by atoms with Crippen LogP contribution in [0.5, 0.6) is 0 Å². The molecule has 0 aromatic carbocycles. The second-order valence-corrected chi connectivity index (χ2v) is 5.39. The number of hydrogen-bond acceptors (Lipinski definition) is 3. The van der Waals surface area contributed by atoms with Crippen LogP contribution in [0.3, 0.4) is 0 Å². The van der Waals surface area contributed by atoms with Crippen LogP contribution in [-0.2, 0) is 0 Å². The maximum atomic E-state index is 6.29. The van der Waals surface area contributed by atoms with Crippen molar-refractivity contribution in [3.8, 4) is 0 Å². The number of aromatic nitrogens is 1. The number of anilines is 2. The second kappa shape index (κ2) is 5.98. The summed E-state index contributed by atoms with van der Waals surface area (Å²) in [6, 6.07) is 2.39. The molecule has 0 radical (unpaired) electrons. The molecule has 0 atom stereocenters. The Kier molecular flexibility index (Phi) is 4.57. The molecule has 1 aromatic rings. The Morgan fingerprint density at radius 3 is 2.61 bits per heavy atom. The van der Waals surface area contributed by atoms with E-state index in [-0.39, 0.29) is 0 Å². The van der Waals surface area contributed by atoms with E-state index in [9.17, 15) is 0 Å². The van der Waals surface area contributed by atoms with Gasteiger partial charge in [-0.2, -0.15) is 0 Å². The average molecular weight is 288 g/mol. The van der Waals surface area contributed by atoms with Gasteiger partial charge in [0.1, 0.15) is 11.6 Å². The van der Waals surface area contributed by atoms with Crippen molar-refractivity contribution in [2.24, 2.45) is 0 Å². The summed E-state index contributed by atoms with van der Waals surface area (Å²) in [6.45, 7) is 5.98. The van der Waals surface area contributed by atoms with Gasteiger partial charge < -0.3 is 10.2 Å². The van der Waals surface area contributed by atoms with Crippen LogP contribution in [0.4, 0.5) is 11.6 Å². The predicted octanol–water partition coefficient (Wildman–Crippen LogP) is 4.20. The summed E-state index contributed by atoms with van der Waals surface area (Å²) in [7, 11) is 0. The lowest BCUT2D eigenvalue weighted by atomic mass is 10.3. The third-order valence-corrected chi connectivity index (χ3v) is 3.55. The first-order valence-electron chi connectivity index (χ1n) is 6.53. The second-order valence-electron chi connectivity index (χ2n) is 4.58. The van der Waals surface area contributed by atoms with Gasteiger partial charge in [0.25, 0.3) is 0 Å². The zero-order valence-corrected chi connectivity index (χ0v) is 12.4. The Hall–Kier alpha value is -0.670. The third-order valence-electron chi connectivity index (χ3n) is 2.98. The molecule has 2 rings (SSSR count). The molecule has 1 saturated carbocycles. The average Bonchev–Trinajstić information content (AvgIpc) is 3.14. The topological polar surface area (TPSA) is 28.2 Å². The number of nitrogens with zero attached hydrogens (tertiary/aromatic N) is 2. The third kappa shape index (κ3) is 3.01. The molecule has 3 nitrogen and oxygen atoms in total. The van der Waals surface area contributed by atoms with Gasteiger partial charge in [0, 0.05) is 19.1 Å². The quantitative estimate of drug-likeness (QED) is 0.850. The number of pyridine rings is 1. The van der Waals surface area contributed by atoms with Crippen LogP contribution in [0, 0.1) is 0 Å². The molecule has 5 heteroatoms. The molecule has 1 fully saturated rings. The van der Waals surface area contributed by atoms with Crippen molar-refractivity contribution in [1.82, 2.24) is 4.98 Å². The Morgan fingerprint density at radius 1 is 1.33 bits per heavy atom. The van der Waals surface area contributed by atoms with E-state index in [1.54, 1.807) is 6.07 Å². The summed E-state index contributed by atoms with van der Waals surface area (Å²) in [5, 5.41) is 4.39. The summed E-state index contributed by atoms with van der Waals surface area (Å²) < 4.78 is 0. The zero-order chi connectivity index (χ0) is 13.1. The van der Waals surface area contributed by atoms with Gasteiger partial charge in [-0.15, -0.1) is 0 Å². The Morgan fingerprint density at radius 2 is 2.06 bits per heavy atom. The number of halogens is 2. The molecule has 0 spiro atoms. The predicted molar refractivity (Wildman–Crippen MR) is 79.1 cm³/mol. The molecule has 1 heterocycles. The van der Waals surface area contributed by atoms with Crippen molar-refractivity contribution in [2.75, 3.05) is 23.3 Å². The van der Waals surface area contributed by atoms with Gasteiger partial charge in [0.15, 0.2) is 0 Å². The summed E-state index contributed by atoms with van der Waals surface area (Å²) in [5.41, 5.74) is 0. The smallest absolute Gasteiger partial charge is 0.150 e. The summed E-state index contributed by atoms with van der Waals surface area (Å²) in [4.78, 5) is 6.90. The van der Waals surface area contributed by atoms with Crippen LogP contribution in [0.1, 0.15) is 33.1 Å². The van der Waals surface area contributed by atoms with Crippen LogP contribution in [0.25, 0.3) is 0 Å². The minimum absolute atomic E-state index is 0.581. The van der Waals surface area contributed by atoms with Gasteiger partial charge in [-0.3, -0.25) is 0 Å². The maximum absolute atomic E-state index is 6.29. The van der Waals surface area contributed by atoms with Crippen molar-refractivity contribution >= 4 is 34.8 Å². The largest absolute Gasteiger partial charge is 0.369 e. The van der Waals surface area contributed by atoms with E-state index in [4.69, 9.17) is 23.2 Å². The minimum atomic E-state index is 0.581. The molecular formula is C13H19Cl2N3. The van der Waals surface area contributed by atoms with E-state index in [0.29, 0.717) is 16.1 Å². The fraction of sp³-hybridized carbons (Fsp3) is 0.615. The van der Waals surface area contributed by atoms with E-state index in [2.05, 4.69) is 22.1 Å². The number of hydrogen-bond donors (Lipinski definition) is 1. The molecular weight excluding hydrogens is 269 g/mol. The van der Waals surface area contributed by atoms with Crippen LogP contribution in [-0.4, -0.2) is 24.1 Å². The monoisotopic (exact) mass is 287 g/mol. The van der Waals surface area contributed by atoms with E-state index in [0.717, 1.165) is 31.1 Å². The molecule has 1 aliphatic carbocycles. The van der Waals surface area contributed by atoms with E-state index < -0.39 is 0 Å². The molecule has 1 N–H and O–H groups in total. The molecule has 0 amide bonds. The summed E-state index contributed by atoms with van der Waals surface area (Å²) >= 11 is 12.4. The number of nitrogens with one attached hydrogen (secondary N) is 1. The molecule has 0 saturated heterocycles. The molecule has 1 aromatic heterocycles. The first-order valence-corrected chi connectivity index (χ1v) is 7.29. The first-order chi connectivity index (χ1) is 8.67. The van der Waals surface area contributed by atoms with Gasteiger partial charge in [-0.1, -0.05) is 30.1 Å².